The van der Waals surface area contributed by atoms with E-state index in [2.05, 4.69) is 10.0 Å². The molecule has 1 aromatic carbocycles. The lowest BCUT2D eigenvalue weighted by Crippen LogP contribution is -2.37. The topological polar surface area (TPSA) is 75.3 Å². The number of nitrogens with one attached hydrogen (secondary N) is 2. The Bertz CT molecular complexity index is 546. The van der Waals surface area contributed by atoms with Crippen LogP contribution in [0.4, 0.5) is 0 Å². The van der Waals surface area contributed by atoms with Gasteiger partial charge in [-0.15, -0.1) is 12.4 Å². The molecule has 20 heavy (non-hydrogen) atoms. The summed E-state index contributed by atoms with van der Waals surface area (Å²) in [7, 11) is -1.81. The van der Waals surface area contributed by atoms with Crippen molar-refractivity contribution in [3.8, 4) is 0 Å². The number of carbonyl (C=O) groups is 1. The van der Waals surface area contributed by atoms with Crippen LogP contribution in [-0.2, 0) is 10.0 Å². The summed E-state index contributed by atoms with van der Waals surface area (Å²) in [5, 5.41) is 2.95. The van der Waals surface area contributed by atoms with Crippen molar-refractivity contribution in [2.45, 2.75) is 31.2 Å². The van der Waals surface area contributed by atoms with Crippen molar-refractivity contribution >= 4 is 28.2 Å². The van der Waals surface area contributed by atoms with Gasteiger partial charge in [0.05, 0.1) is 4.90 Å². The fourth-order valence-electron chi connectivity index (χ4n) is 1.46. The zero-order valence-electron chi connectivity index (χ0n) is 11.8. The molecule has 0 heterocycles. The second-order valence-electron chi connectivity index (χ2n) is 4.35. The van der Waals surface area contributed by atoms with Crippen LogP contribution in [0, 0.1) is 0 Å². The molecule has 114 valence electrons. The maximum Gasteiger partial charge on any atom is 0.240 e. The monoisotopic (exact) mass is 320 g/mol. The van der Waals surface area contributed by atoms with Crippen LogP contribution in [0.5, 0.6) is 0 Å². The number of hydrogen-bond donors (Lipinski definition) is 2. The first kappa shape index (κ1) is 19.1. The van der Waals surface area contributed by atoms with Crippen LogP contribution in [0.1, 0.15) is 30.6 Å². The van der Waals surface area contributed by atoms with Crippen molar-refractivity contribution in [3.05, 3.63) is 29.8 Å². The van der Waals surface area contributed by atoms with Gasteiger partial charge >= 0.3 is 0 Å². The molecule has 0 aliphatic heterocycles. The van der Waals surface area contributed by atoms with E-state index in [1.54, 1.807) is 26.1 Å². The molecular weight excluding hydrogens is 300 g/mol. The van der Waals surface area contributed by atoms with Crippen molar-refractivity contribution in [3.63, 3.8) is 0 Å². The Hall–Kier alpha value is -0.950. The van der Waals surface area contributed by atoms with E-state index in [4.69, 9.17) is 0 Å². The van der Waals surface area contributed by atoms with E-state index in [0.717, 1.165) is 0 Å². The quantitative estimate of drug-likeness (QED) is 0.748. The molecule has 1 rings (SSSR count). The number of halogens is 1. The van der Waals surface area contributed by atoms with E-state index in [0.29, 0.717) is 18.5 Å². The number of ketones is 1. The highest BCUT2D eigenvalue weighted by molar-refractivity contribution is 7.89. The van der Waals surface area contributed by atoms with Crippen LogP contribution >= 0.6 is 12.4 Å². The molecule has 1 unspecified atom stereocenters. The minimum Gasteiger partial charge on any atom is -0.316 e. The molecule has 0 spiro atoms. The molecule has 2 N–H and O–H groups in total. The SMILES string of the molecule is CCC(=O)c1cccc(S(=O)(=O)NCC(C)NC)c1.Cl. The average Bonchev–Trinajstić information content (AvgIpc) is 2.44. The third-order valence-corrected chi connectivity index (χ3v) is 4.28. The van der Waals surface area contributed by atoms with Gasteiger partial charge in [0.2, 0.25) is 10.0 Å². The minimum absolute atomic E-state index is 0. The van der Waals surface area contributed by atoms with Gasteiger partial charge in [-0.05, 0) is 26.1 Å². The summed E-state index contributed by atoms with van der Waals surface area (Å²) < 4.78 is 26.6. The van der Waals surface area contributed by atoms with Crippen LogP contribution in [0.2, 0.25) is 0 Å². The van der Waals surface area contributed by atoms with Crippen LogP contribution in [0.15, 0.2) is 29.2 Å². The second-order valence-corrected chi connectivity index (χ2v) is 6.11. The molecular formula is C13H21ClN2O3S. The van der Waals surface area contributed by atoms with Gasteiger partial charge in [-0.2, -0.15) is 0 Å². The van der Waals surface area contributed by atoms with Crippen molar-refractivity contribution in [2.75, 3.05) is 13.6 Å². The largest absolute Gasteiger partial charge is 0.316 e. The standard InChI is InChI=1S/C13H20N2O3S.ClH/c1-4-13(16)11-6-5-7-12(8-11)19(17,18)15-9-10(2)14-3;/h5-8,10,14-15H,4,9H2,1-3H3;1H. The average molecular weight is 321 g/mol. The fraction of sp³-hybridized carbons (Fsp3) is 0.462. The molecule has 0 aliphatic carbocycles. The molecule has 0 saturated carbocycles. The van der Waals surface area contributed by atoms with Gasteiger partial charge < -0.3 is 5.32 Å². The maximum absolute atomic E-state index is 12.1. The van der Waals surface area contributed by atoms with E-state index in [-0.39, 0.29) is 29.1 Å². The van der Waals surface area contributed by atoms with E-state index >= 15 is 0 Å². The Morgan fingerprint density at radius 1 is 1.35 bits per heavy atom. The summed E-state index contributed by atoms with van der Waals surface area (Å²) >= 11 is 0. The zero-order valence-corrected chi connectivity index (χ0v) is 13.5. The van der Waals surface area contributed by atoms with Gasteiger partial charge in [-0.25, -0.2) is 13.1 Å². The lowest BCUT2D eigenvalue weighted by molar-refractivity contribution is 0.0988. The van der Waals surface area contributed by atoms with Gasteiger partial charge in [-0.1, -0.05) is 19.1 Å². The van der Waals surface area contributed by atoms with Gasteiger partial charge in [-0.3, -0.25) is 4.79 Å². The van der Waals surface area contributed by atoms with Crippen LogP contribution < -0.4 is 10.0 Å². The number of Topliss-reactive ketones (excluding diaryl/α,β-unsaturated/α-hetero) is 1. The smallest absolute Gasteiger partial charge is 0.240 e. The Kier molecular flexibility index (Phi) is 7.96. The highest BCUT2D eigenvalue weighted by Gasteiger charge is 2.16. The zero-order chi connectivity index (χ0) is 14.5. The third-order valence-electron chi connectivity index (χ3n) is 2.86. The second kappa shape index (κ2) is 8.36. The number of likely N-dealkylation sites (N-methyl/N-ethyl adjacent to an activating group) is 1. The van der Waals surface area contributed by atoms with E-state index in [1.807, 2.05) is 6.92 Å². The molecule has 0 amide bonds. The Balaban J connectivity index is 0.00000361. The van der Waals surface area contributed by atoms with Crippen LogP contribution in [0.3, 0.4) is 0 Å². The van der Waals surface area contributed by atoms with E-state index in [9.17, 15) is 13.2 Å². The van der Waals surface area contributed by atoms with Crippen LogP contribution in [-0.4, -0.2) is 33.8 Å². The first-order chi connectivity index (χ1) is 8.90. The van der Waals surface area contributed by atoms with Crippen LogP contribution in [0.25, 0.3) is 0 Å². The summed E-state index contributed by atoms with van der Waals surface area (Å²) in [6.07, 6.45) is 0.355. The number of hydrogen-bond acceptors (Lipinski definition) is 4. The predicted molar refractivity (Wildman–Crippen MR) is 82.0 cm³/mol. The molecule has 0 aromatic heterocycles. The number of sulfonamides is 1. The van der Waals surface area contributed by atoms with Crippen molar-refractivity contribution in [1.29, 1.82) is 0 Å². The maximum atomic E-state index is 12.1. The summed E-state index contributed by atoms with van der Waals surface area (Å²) in [6.45, 7) is 3.92. The molecule has 0 saturated heterocycles. The molecule has 0 radical (unpaired) electrons. The highest BCUT2D eigenvalue weighted by atomic mass is 35.5. The van der Waals surface area contributed by atoms with Gasteiger partial charge in [0.15, 0.2) is 5.78 Å². The Morgan fingerprint density at radius 3 is 2.55 bits per heavy atom. The van der Waals surface area contributed by atoms with E-state index < -0.39 is 10.0 Å². The number of rotatable bonds is 7. The summed E-state index contributed by atoms with van der Waals surface area (Å²) in [4.78, 5) is 11.7. The lowest BCUT2D eigenvalue weighted by Gasteiger charge is -2.12. The first-order valence-corrected chi connectivity index (χ1v) is 7.69. The summed E-state index contributed by atoms with van der Waals surface area (Å²) in [5.74, 6) is -0.0688. The van der Waals surface area contributed by atoms with Crippen molar-refractivity contribution in [1.82, 2.24) is 10.0 Å². The van der Waals surface area contributed by atoms with Gasteiger partial charge in [0, 0.05) is 24.6 Å². The normalized spacial score (nSPS) is 12.6. The Labute approximate surface area is 126 Å². The predicted octanol–water partition coefficient (Wildman–Crippen LogP) is 1.59. The molecule has 1 atom stereocenters. The summed E-state index contributed by atoms with van der Waals surface area (Å²) in [6, 6.07) is 6.15. The van der Waals surface area contributed by atoms with Gasteiger partial charge in [0.25, 0.3) is 0 Å². The fourth-order valence-corrected chi connectivity index (χ4v) is 2.64. The Morgan fingerprint density at radius 2 is 2.00 bits per heavy atom. The molecule has 0 bridgehead atoms. The molecule has 0 aliphatic rings. The molecule has 0 fully saturated rings. The van der Waals surface area contributed by atoms with Crippen molar-refractivity contribution in [2.24, 2.45) is 0 Å². The van der Waals surface area contributed by atoms with Crippen molar-refractivity contribution < 1.29 is 13.2 Å². The number of benzene rings is 1. The number of carbonyl (C=O) groups excluding carboxylic acids is 1. The minimum atomic E-state index is -3.57. The first-order valence-electron chi connectivity index (χ1n) is 6.21. The van der Waals surface area contributed by atoms with E-state index in [1.165, 1.54) is 12.1 Å². The lowest BCUT2D eigenvalue weighted by atomic mass is 10.1. The molecule has 1 aromatic rings. The van der Waals surface area contributed by atoms with Gasteiger partial charge in [0.1, 0.15) is 0 Å². The summed E-state index contributed by atoms with van der Waals surface area (Å²) in [5.41, 5.74) is 0.423. The highest BCUT2D eigenvalue weighted by Crippen LogP contribution is 2.12. The molecule has 7 heteroatoms. The molecule has 5 nitrogen and oxygen atoms in total. The third kappa shape index (κ3) is 5.20.